The lowest BCUT2D eigenvalue weighted by Crippen LogP contribution is -2.01. The third-order valence-corrected chi connectivity index (χ3v) is 3.13. The Bertz CT molecular complexity index is 653. The molecule has 0 atom stereocenters. The van der Waals surface area contributed by atoms with Gasteiger partial charge in [-0.25, -0.2) is 0 Å². The first kappa shape index (κ1) is 14.7. The van der Waals surface area contributed by atoms with Crippen molar-refractivity contribution >= 4 is 11.5 Å². The highest BCUT2D eigenvalue weighted by molar-refractivity contribution is 5.96. The summed E-state index contributed by atoms with van der Waals surface area (Å²) in [5, 5.41) is 10.9. The summed E-state index contributed by atoms with van der Waals surface area (Å²) in [6.07, 6.45) is 0.736. The van der Waals surface area contributed by atoms with Gasteiger partial charge < -0.3 is 4.74 Å². The Labute approximate surface area is 122 Å². The molecule has 0 spiro atoms. The highest BCUT2D eigenvalue weighted by Crippen LogP contribution is 2.23. The predicted octanol–water partition coefficient (Wildman–Crippen LogP) is 3.42. The number of hydrogen-bond donors (Lipinski definition) is 0. The molecule has 0 fully saturated rings. The molecule has 5 heteroatoms. The van der Waals surface area contributed by atoms with E-state index in [1.165, 1.54) is 19.2 Å². The Hall–Kier alpha value is -2.69. The standard InChI is InChI=1S/C16H15NO4/c1-21-15-10-12(9-14(11-15)17(19)20)7-8-16(18)13-5-3-2-4-6-13/h2-6,9-11H,7-8H2,1H3. The number of rotatable bonds is 6. The van der Waals surface area contributed by atoms with E-state index in [1.807, 2.05) is 18.2 Å². The summed E-state index contributed by atoms with van der Waals surface area (Å²) in [5.74, 6) is 0.437. The van der Waals surface area contributed by atoms with Crippen LogP contribution in [0.3, 0.4) is 0 Å². The maximum Gasteiger partial charge on any atom is 0.273 e. The van der Waals surface area contributed by atoms with E-state index in [0.29, 0.717) is 29.7 Å². The van der Waals surface area contributed by atoms with E-state index in [1.54, 1.807) is 18.2 Å². The van der Waals surface area contributed by atoms with E-state index in [-0.39, 0.29) is 11.5 Å². The number of carbonyl (C=O) groups excluding carboxylic acids is 1. The summed E-state index contributed by atoms with van der Waals surface area (Å²) >= 11 is 0. The van der Waals surface area contributed by atoms with Crippen LogP contribution in [-0.2, 0) is 6.42 Å². The number of non-ortho nitro benzene ring substituents is 1. The molecule has 0 unspecified atom stereocenters. The van der Waals surface area contributed by atoms with Crippen LogP contribution in [0.1, 0.15) is 22.3 Å². The van der Waals surface area contributed by atoms with Crippen molar-refractivity contribution in [2.75, 3.05) is 7.11 Å². The molecule has 0 aliphatic rings. The zero-order chi connectivity index (χ0) is 15.2. The van der Waals surface area contributed by atoms with Crippen molar-refractivity contribution in [3.05, 3.63) is 69.8 Å². The van der Waals surface area contributed by atoms with Gasteiger partial charge in [0.2, 0.25) is 0 Å². The molecule has 2 rings (SSSR count). The van der Waals surface area contributed by atoms with Crippen molar-refractivity contribution in [1.82, 2.24) is 0 Å². The zero-order valence-corrected chi connectivity index (χ0v) is 11.6. The smallest absolute Gasteiger partial charge is 0.273 e. The molecule has 0 aliphatic heterocycles. The number of hydrogen-bond acceptors (Lipinski definition) is 4. The molecule has 5 nitrogen and oxygen atoms in total. The first-order chi connectivity index (χ1) is 10.1. The molecule has 0 bridgehead atoms. The summed E-state index contributed by atoms with van der Waals surface area (Å²) in [5.41, 5.74) is 1.33. The number of carbonyl (C=O) groups is 1. The highest BCUT2D eigenvalue weighted by Gasteiger charge is 2.12. The van der Waals surface area contributed by atoms with Gasteiger partial charge in [-0.2, -0.15) is 0 Å². The first-order valence-corrected chi connectivity index (χ1v) is 6.51. The average molecular weight is 285 g/mol. The van der Waals surface area contributed by atoms with E-state index in [2.05, 4.69) is 0 Å². The minimum absolute atomic E-state index is 0.0149. The number of nitro benzene ring substituents is 1. The van der Waals surface area contributed by atoms with E-state index in [4.69, 9.17) is 4.74 Å². The molecule has 2 aromatic rings. The lowest BCUT2D eigenvalue weighted by atomic mass is 10.0. The van der Waals surface area contributed by atoms with Crippen LogP contribution >= 0.6 is 0 Å². The zero-order valence-electron chi connectivity index (χ0n) is 11.6. The highest BCUT2D eigenvalue weighted by atomic mass is 16.6. The number of aryl methyl sites for hydroxylation is 1. The van der Waals surface area contributed by atoms with Crippen molar-refractivity contribution in [3.63, 3.8) is 0 Å². The van der Waals surface area contributed by atoms with Gasteiger partial charge in [-0.1, -0.05) is 30.3 Å². The molecule has 0 saturated heterocycles. The van der Waals surface area contributed by atoms with Crippen molar-refractivity contribution in [2.24, 2.45) is 0 Å². The number of nitro groups is 1. The third-order valence-electron chi connectivity index (χ3n) is 3.13. The Morgan fingerprint density at radius 2 is 1.90 bits per heavy atom. The van der Waals surface area contributed by atoms with Crippen LogP contribution < -0.4 is 4.74 Å². The summed E-state index contributed by atoms with van der Waals surface area (Å²) < 4.78 is 5.05. The minimum Gasteiger partial charge on any atom is -0.496 e. The number of benzene rings is 2. The second-order valence-corrected chi connectivity index (χ2v) is 4.59. The van der Waals surface area contributed by atoms with Crippen molar-refractivity contribution in [1.29, 1.82) is 0 Å². The Balaban J connectivity index is 2.11. The number of Topliss-reactive ketones (excluding diaryl/α,β-unsaturated/α-hetero) is 1. The minimum atomic E-state index is -0.467. The van der Waals surface area contributed by atoms with Gasteiger partial charge in [0.1, 0.15) is 5.75 Å². The van der Waals surface area contributed by atoms with Crippen LogP contribution in [-0.4, -0.2) is 17.8 Å². The van der Waals surface area contributed by atoms with E-state index in [9.17, 15) is 14.9 Å². The molecule has 0 radical (unpaired) electrons. The van der Waals surface area contributed by atoms with Gasteiger partial charge in [0.05, 0.1) is 18.1 Å². The molecule has 2 aromatic carbocycles. The molecule has 0 N–H and O–H groups in total. The normalized spacial score (nSPS) is 10.1. The molecule has 0 saturated carbocycles. The Kier molecular flexibility index (Phi) is 4.66. The number of ketones is 1. The van der Waals surface area contributed by atoms with Gasteiger partial charge >= 0.3 is 0 Å². The van der Waals surface area contributed by atoms with Gasteiger partial charge in [-0.05, 0) is 18.1 Å². The topological polar surface area (TPSA) is 69.4 Å². The SMILES string of the molecule is COc1cc(CCC(=O)c2ccccc2)cc([N+](=O)[O-])c1. The fourth-order valence-electron chi connectivity index (χ4n) is 2.04. The summed E-state index contributed by atoms with van der Waals surface area (Å²) in [4.78, 5) is 22.4. The van der Waals surface area contributed by atoms with E-state index < -0.39 is 4.92 Å². The summed E-state index contributed by atoms with van der Waals surface area (Å²) in [7, 11) is 1.46. The van der Waals surface area contributed by atoms with E-state index in [0.717, 1.165) is 0 Å². The van der Waals surface area contributed by atoms with Gasteiger partial charge in [0, 0.05) is 18.1 Å². The Morgan fingerprint density at radius 3 is 2.52 bits per heavy atom. The maximum absolute atomic E-state index is 12.0. The first-order valence-electron chi connectivity index (χ1n) is 6.51. The molecule has 0 aliphatic carbocycles. The predicted molar refractivity (Wildman–Crippen MR) is 78.7 cm³/mol. The molecule has 0 amide bonds. The van der Waals surface area contributed by atoms with Crippen molar-refractivity contribution in [3.8, 4) is 5.75 Å². The third kappa shape index (κ3) is 3.89. The number of methoxy groups -OCH3 is 1. The monoisotopic (exact) mass is 285 g/mol. The van der Waals surface area contributed by atoms with E-state index >= 15 is 0 Å². The van der Waals surface area contributed by atoms with Crippen molar-refractivity contribution in [2.45, 2.75) is 12.8 Å². The molecule has 0 heterocycles. The van der Waals surface area contributed by atoms with Gasteiger partial charge in [0.15, 0.2) is 5.78 Å². The maximum atomic E-state index is 12.0. The summed E-state index contributed by atoms with van der Waals surface area (Å²) in [6, 6.07) is 13.5. The summed E-state index contributed by atoms with van der Waals surface area (Å²) in [6.45, 7) is 0. The van der Waals surface area contributed by atoms with Crippen molar-refractivity contribution < 1.29 is 14.5 Å². The number of nitrogens with zero attached hydrogens (tertiary/aromatic N) is 1. The van der Waals surface area contributed by atoms with Crippen LogP contribution in [0.25, 0.3) is 0 Å². The second kappa shape index (κ2) is 6.65. The number of ether oxygens (including phenoxy) is 1. The lowest BCUT2D eigenvalue weighted by Gasteiger charge is -2.05. The molecule has 108 valence electrons. The average Bonchev–Trinajstić information content (AvgIpc) is 2.53. The molecule has 0 aromatic heterocycles. The molecular weight excluding hydrogens is 270 g/mol. The van der Waals surface area contributed by atoms with Crippen LogP contribution in [0.5, 0.6) is 5.75 Å². The molecular formula is C16H15NO4. The Morgan fingerprint density at radius 1 is 1.19 bits per heavy atom. The quantitative estimate of drug-likeness (QED) is 0.463. The van der Waals surface area contributed by atoms with Gasteiger partial charge in [-0.3, -0.25) is 14.9 Å². The van der Waals surface area contributed by atoms with Crippen LogP contribution in [0.4, 0.5) is 5.69 Å². The van der Waals surface area contributed by atoms with Crippen LogP contribution in [0.15, 0.2) is 48.5 Å². The second-order valence-electron chi connectivity index (χ2n) is 4.59. The van der Waals surface area contributed by atoms with Gasteiger partial charge in [0.25, 0.3) is 5.69 Å². The molecule has 21 heavy (non-hydrogen) atoms. The fourth-order valence-corrected chi connectivity index (χ4v) is 2.04. The van der Waals surface area contributed by atoms with Crippen LogP contribution in [0.2, 0.25) is 0 Å². The van der Waals surface area contributed by atoms with Gasteiger partial charge in [-0.15, -0.1) is 0 Å². The van der Waals surface area contributed by atoms with Crippen LogP contribution in [0, 0.1) is 10.1 Å². The largest absolute Gasteiger partial charge is 0.496 e. The lowest BCUT2D eigenvalue weighted by molar-refractivity contribution is -0.385. The fraction of sp³-hybridized carbons (Fsp3) is 0.188.